The molecule has 0 radical (unpaired) electrons. The first-order chi connectivity index (χ1) is 12.3. The number of para-hydroxylation sites is 1. The number of nitrogens with one attached hydrogen (secondary N) is 1. The second-order valence-electron chi connectivity index (χ2n) is 6.65. The molecule has 26 heavy (non-hydrogen) atoms. The number of benzene rings is 1. The van der Waals surface area contributed by atoms with Gasteiger partial charge in [0.1, 0.15) is 11.9 Å². The number of rotatable bonds is 7. The van der Waals surface area contributed by atoms with Crippen molar-refractivity contribution in [3.8, 4) is 5.75 Å². The molecule has 0 aromatic heterocycles. The smallest absolute Gasteiger partial charge is 0.193 e. The van der Waals surface area contributed by atoms with E-state index in [1.54, 1.807) is 7.11 Å². The molecule has 2 heterocycles. The monoisotopic (exact) mass is 475 g/mol. The Morgan fingerprint density at radius 3 is 2.96 bits per heavy atom. The van der Waals surface area contributed by atoms with Crippen LogP contribution in [0.3, 0.4) is 0 Å². The maximum absolute atomic E-state index is 5.99. The van der Waals surface area contributed by atoms with Crippen molar-refractivity contribution in [2.45, 2.75) is 18.9 Å². The Bertz CT molecular complexity index is 560. The van der Waals surface area contributed by atoms with E-state index in [0.29, 0.717) is 19.1 Å². The lowest BCUT2D eigenvalue weighted by atomic mass is 10.1. The summed E-state index contributed by atoms with van der Waals surface area (Å²) >= 11 is 0. The lowest BCUT2D eigenvalue weighted by Crippen LogP contribution is -2.44. The molecular weight excluding hydrogens is 445 g/mol. The predicted octanol–water partition coefficient (Wildman–Crippen LogP) is 2.17. The van der Waals surface area contributed by atoms with Gasteiger partial charge in [-0.2, -0.15) is 0 Å². The van der Waals surface area contributed by atoms with Crippen molar-refractivity contribution in [1.29, 1.82) is 0 Å². The average molecular weight is 475 g/mol. The van der Waals surface area contributed by atoms with Crippen LogP contribution < -0.4 is 10.1 Å². The molecular formula is C19H30IN3O3. The van der Waals surface area contributed by atoms with E-state index < -0.39 is 0 Å². The second kappa shape index (κ2) is 10.9. The van der Waals surface area contributed by atoms with Crippen molar-refractivity contribution >= 4 is 29.9 Å². The number of fused-ring (bicyclic) bond motifs is 1. The fourth-order valence-electron chi connectivity index (χ4n) is 3.46. The van der Waals surface area contributed by atoms with E-state index in [4.69, 9.17) is 14.2 Å². The van der Waals surface area contributed by atoms with E-state index in [9.17, 15) is 0 Å². The third-order valence-electron chi connectivity index (χ3n) is 4.78. The Hall–Kier alpha value is -1.06. The van der Waals surface area contributed by atoms with Crippen molar-refractivity contribution in [3.63, 3.8) is 0 Å². The molecule has 146 valence electrons. The van der Waals surface area contributed by atoms with E-state index >= 15 is 0 Å². The highest BCUT2D eigenvalue weighted by molar-refractivity contribution is 14.0. The van der Waals surface area contributed by atoms with Gasteiger partial charge in [-0.1, -0.05) is 18.2 Å². The summed E-state index contributed by atoms with van der Waals surface area (Å²) in [5.41, 5.74) is 1.29. The zero-order valence-corrected chi connectivity index (χ0v) is 18.0. The third-order valence-corrected chi connectivity index (χ3v) is 4.78. The number of likely N-dealkylation sites (tertiary alicyclic amines) is 1. The minimum Gasteiger partial charge on any atom is -0.488 e. The van der Waals surface area contributed by atoms with E-state index in [-0.39, 0.29) is 30.1 Å². The summed E-state index contributed by atoms with van der Waals surface area (Å²) in [5.74, 6) is 2.53. The highest BCUT2D eigenvalue weighted by atomic mass is 127. The van der Waals surface area contributed by atoms with Gasteiger partial charge in [0.25, 0.3) is 0 Å². The number of ether oxygens (including phenoxy) is 3. The summed E-state index contributed by atoms with van der Waals surface area (Å²) in [6.45, 7) is 4.88. The first-order valence-electron chi connectivity index (χ1n) is 9.07. The Kier molecular flexibility index (Phi) is 8.94. The molecule has 7 heteroatoms. The normalized spacial score (nSPS) is 21.9. The van der Waals surface area contributed by atoms with Gasteiger partial charge in [-0.3, -0.25) is 4.99 Å². The van der Waals surface area contributed by atoms with Gasteiger partial charge in [-0.25, -0.2) is 0 Å². The van der Waals surface area contributed by atoms with Gasteiger partial charge >= 0.3 is 0 Å². The SMILES string of the molecule is CN=C(NCC1Cc2ccccc2O1)N1CCC(COCCOC)C1.I. The molecule has 1 fully saturated rings. The molecule has 1 saturated heterocycles. The van der Waals surface area contributed by atoms with E-state index in [1.165, 1.54) is 5.56 Å². The summed E-state index contributed by atoms with van der Waals surface area (Å²) < 4.78 is 16.7. The summed E-state index contributed by atoms with van der Waals surface area (Å²) in [6.07, 6.45) is 2.26. The third kappa shape index (κ3) is 5.72. The van der Waals surface area contributed by atoms with Crippen LogP contribution in [0.2, 0.25) is 0 Å². The minimum absolute atomic E-state index is 0. The van der Waals surface area contributed by atoms with E-state index in [1.807, 2.05) is 19.2 Å². The van der Waals surface area contributed by atoms with Crippen LogP contribution in [0, 0.1) is 5.92 Å². The summed E-state index contributed by atoms with van der Waals surface area (Å²) in [6, 6.07) is 8.26. The lowest BCUT2D eigenvalue weighted by molar-refractivity contribution is 0.0536. The van der Waals surface area contributed by atoms with Crippen molar-refractivity contribution in [1.82, 2.24) is 10.2 Å². The van der Waals surface area contributed by atoms with Crippen LogP contribution in [0.4, 0.5) is 0 Å². The topological polar surface area (TPSA) is 55.3 Å². The molecule has 2 unspecified atom stereocenters. The summed E-state index contributed by atoms with van der Waals surface area (Å²) in [5, 5.41) is 3.48. The highest BCUT2D eigenvalue weighted by Crippen LogP contribution is 2.27. The first-order valence-corrected chi connectivity index (χ1v) is 9.07. The van der Waals surface area contributed by atoms with Crippen molar-refractivity contribution in [3.05, 3.63) is 29.8 Å². The van der Waals surface area contributed by atoms with Crippen LogP contribution in [-0.2, 0) is 15.9 Å². The summed E-state index contributed by atoms with van der Waals surface area (Å²) in [4.78, 5) is 6.75. The molecule has 0 aliphatic carbocycles. The zero-order chi connectivity index (χ0) is 17.5. The van der Waals surface area contributed by atoms with Crippen molar-refractivity contribution < 1.29 is 14.2 Å². The molecule has 0 spiro atoms. The Morgan fingerprint density at radius 1 is 1.35 bits per heavy atom. The van der Waals surface area contributed by atoms with E-state index in [0.717, 1.165) is 50.8 Å². The molecule has 1 aromatic rings. The molecule has 2 aliphatic rings. The first kappa shape index (κ1) is 21.2. The summed E-state index contributed by atoms with van der Waals surface area (Å²) in [7, 11) is 3.54. The fraction of sp³-hybridized carbons (Fsp3) is 0.632. The molecule has 3 rings (SSSR count). The van der Waals surface area contributed by atoms with Gasteiger partial charge in [0.2, 0.25) is 0 Å². The van der Waals surface area contributed by atoms with Crippen molar-refractivity contribution in [2.24, 2.45) is 10.9 Å². The maximum atomic E-state index is 5.99. The predicted molar refractivity (Wildman–Crippen MR) is 114 cm³/mol. The number of hydrogen-bond acceptors (Lipinski definition) is 4. The molecule has 0 bridgehead atoms. The van der Waals surface area contributed by atoms with Gasteiger partial charge in [-0.15, -0.1) is 24.0 Å². The van der Waals surface area contributed by atoms with Crippen LogP contribution in [0.25, 0.3) is 0 Å². The van der Waals surface area contributed by atoms with Gasteiger partial charge in [-0.05, 0) is 18.1 Å². The van der Waals surface area contributed by atoms with Crippen LogP contribution in [0.5, 0.6) is 5.75 Å². The van der Waals surface area contributed by atoms with Gasteiger partial charge in [0.05, 0.1) is 26.4 Å². The Labute approximate surface area is 173 Å². The molecule has 6 nitrogen and oxygen atoms in total. The molecule has 1 aromatic carbocycles. The standard InChI is InChI=1S/C19H29N3O3.HI/c1-20-19(22-8-7-15(13-22)14-24-10-9-23-2)21-12-17-11-16-5-3-4-6-18(16)25-17;/h3-6,15,17H,7-14H2,1-2H3,(H,20,21);1H. The molecule has 0 saturated carbocycles. The lowest BCUT2D eigenvalue weighted by Gasteiger charge is -2.23. The highest BCUT2D eigenvalue weighted by Gasteiger charge is 2.27. The van der Waals surface area contributed by atoms with Crippen LogP contribution in [0.1, 0.15) is 12.0 Å². The number of aliphatic imine (C=N–C) groups is 1. The number of halogens is 1. The molecule has 0 amide bonds. The van der Waals surface area contributed by atoms with Gasteiger partial charge < -0.3 is 24.4 Å². The fourth-order valence-corrected chi connectivity index (χ4v) is 3.46. The molecule has 2 atom stereocenters. The number of methoxy groups -OCH3 is 1. The van der Waals surface area contributed by atoms with Gasteiger partial charge in [0, 0.05) is 39.6 Å². The van der Waals surface area contributed by atoms with E-state index in [2.05, 4.69) is 27.3 Å². The van der Waals surface area contributed by atoms with Crippen LogP contribution >= 0.6 is 24.0 Å². The van der Waals surface area contributed by atoms with Crippen LogP contribution in [0.15, 0.2) is 29.3 Å². The second-order valence-corrected chi connectivity index (χ2v) is 6.65. The van der Waals surface area contributed by atoms with Gasteiger partial charge in [0.15, 0.2) is 5.96 Å². The number of hydrogen-bond donors (Lipinski definition) is 1. The molecule has 2 aliphatic heterocycles. The minimum atomic E-state index is 0. The average Bonchev–Trinajstić information content (AvgIpc) is 3.26. The number of guanidine groups is 1. The largest absolute Gasteiger partial charge is 0.488 e. The zero-order valence-electron chi connectivity index (χ0n) is 15.6. The number of nitrogens with zero attached hydrogens (tertiary/aromatic N) is 2. The van der Waals surface area contributed by atoms with Crippen LogP contribution in [-0.4, -0.2) is 70.6 Å². The molecule has 1 N–H and O–H groups in total. The quantitative estimate of drug-likeness (QED) is 0.284. The Morgan fingerprint density at radius 2 is 2.19 bits per heavy atom. The maximum Gasteiger partial charge on any atom is 0.193 e. The van der Waals surface area contributed by atoms with Crippen molar-refractivity contribution in [2.75, 3.05) is 53.6 Å². The Balaban J connectivity index is 0.00000243.